The van der Waals surface area contributed by atoms with E-state index in [0.29, 0.717) is 6.54 Å². The zero-order valence-corrected chi connectivity index (χ0v) is 17.2. The van der Waals surface area contributed by atoms with E-state index in [1.807, 2.05) is 6.92 Å². The lowest BCUT2D eigenvalue weighted by Crippen LogP contribution is -2.41. The molecule has 2 aromatic rings. The summed E-state index contributed by atoms with van der Waals surface area (Å²) in [5, 5.41) is 2.64. The first kappa shape index (κ1) is 21.4. The Labute approximate surface area is 169 Å². The molecular formula is C21H24F2N2O3S. The second-order valence-corrected chi connectivity index (χ2v) is 9.24. The molecule has 156 valence electrons. The molecule has 29 heavy (non-hydrogen) atoms. The smallest absolute Gasteiger partial charge is 0.251 e. The molecule has 2 aromatic carbocycles. The van der Waals surface area contributed by atoms with Crippen molar-refractivity contribution in [2.75, 3.05) is 6.54 Å². The number of carbonyl (C=O) groups is 1. The van der Waals surface area contributed by atoms with E-state index in [2.05, 4.69) is 5.32 Å². The lowest BCUT2D eigenvalue weighted by molar-refractivity contribution is 0.0939. The number of piperidine rings is 1. The predicted octanol–water partition coefficient (Wildman–Crippen LogP) is 4.02. The third kappa shape index (κ3) is 4.64. The van der Waals surface area contributed by atoms with E-state index in [-0.39, 0.29) is 22.1 Å². The van der Waals surface area contributed by atoms with Gasteiger partial charge >= 0.3 is 0 Å². The van der Waals surface area contributed by atoms with Crippen LogP contribution < -0.4 is 5.32 Å². The van der Waals surface area contributed by atoms with Crippen molar-refractivity contribution < 1.29 is 22.0 Å². The Kier molecular flexibility index (Phi) is 6.33. The zero-order valence-electron chi connectivity index (χ0n) is 16.4. The summed E-state index contributed by atoms with van der Waals surface area (Å²) in [6.45, 7) is 3.98. The molecule has 0 saturated carbocycles. The molecule has 5 nitrogen and oxygen atoms in total. The van der Waals surface area contributed by atoms with E-state index in [0.717, 1.165) is 31.4 Å². The minimum Gasteiger partial charge on any atom is -0.345 e. The van der Waals surface area contributed by atoms with Crippen LogP contribution in [0.5, 0.6) is 0 Å². The van der Waals surface area contributed by atoms with Gasteiger partial charge in [-0.05, 0) is 57.0 Å². The zero-order chi connectivity index (χ0) is 21.2. The van der Waals surface area contributed by atoms with Crippen LogP contribution in [0.3, 0.4) is 0 Å². The molecule has 1 aliphatic heterocycles. The monoisotopic (exact) mass is 422 g/mol. The molecule has 1 heterocycles. The highest BCUT2D eigenvalue weighted by Crippen LogP contribution is 2.25. The topological polar surface area (TPSA) is 66.5 Å². The summed E-state index contributed by atoms with van der Waals surface area (Å²) in [7, 11) is -3.61. The van der Waals surface area contributed by atoms with Crippen molar-refractivity contribution in [2.24, 2.45) is 0 Å². The van der Waals surface area contributed by atoms with Gasteiger partial charge < -0.3 is 5.32 Å². The summed E-state index contributed by atoms with van der Waals surface area (Å²) in [6.07, 6.45) is 2.68. The van der Waals surface area contributed by atoms with Crippen LogP contribution in [-0.2, 0) is 10.0 Å². The van der Waals surface area contributed by atoms with E-state index in [9.17, 15) is 22.0 Å². The number of hydrogen-bond acceptors (Lipinski definition) is 3. The summed E-state index contributed by atoms with van der Waals surface area (Å²) in [5.41, 5.74) is 0.419. The molecule has 2 atom stereocenters. The van der Waals surface area contributed by atoms with Gasteiger partial charge in [0.05, 0.1) is 10.9 Å². The third-order valence-electron chi connectivity index (χ3n) is 5.24. The first-order chi connectivity index (χ1) is 13.7. The van der Waals surface area contributed by atoms with Gasteiger partial charge in [-0.2, -0.15) is 4.31 Å². The van der Waals surface area contributed by atoms with Crippen LogP contribution in [-0.4, -0.2) is 31.2 Å². The minimum absolute atomic E-state index is 0.0526. The van der Waals surface area contributed by atoms with Crippen LogP contribution in [0.1, 0.15) is 55.1 Å². The molecule has 3 rings (SSSR count). The maximum atomic E-state index is 13.9. The first-order valence-electron chi connectivity index (χ1n) is 9.58. The molecular weight excluding hydrogens is 398 g/mol. The highest BCUT2D eigenvalue weighted by Gasteiger charge is 2.31. The maximum absolute atomic E-state index is 13.9. The van der Waals surface area contributed by atoms with E-state index >= 15 is 0 Å². The Hall–Kier alpha value is -2.32. The van der Waals surface area contributed by atoms with Crippen molar-refractivity contribution in [2.45, 2.75) is 50.1 Å². The maximum Gasteiger partial charge on any atom is 0.251 e. The number of nitrogens with one attached hydrogen (secondary N) is 1. The number of amides is 1. The number of halogens is 2. The molecule has 0 aliphatic carbocycles. The Morgan fingerprint density at radius 1 is 1.14 bits per heavy atom. The van der Waals surface area contributed by atoms with Crippen LogP contribution >= 0.6 is 0 Å². The van der Waals surface area contributed by atoms with Gasteiger partial charge in [0.25, 0.3) is 5.91 Å². The Morgan fingerprint density at radius 2 is 1.83 bits per heavy atom. The van der Waals surface area contributed by atoms with Crippen molar-refractivity contribution in [1.29, 1.82) is 0 Å². The summed E-state index contributed by atoms with van der Waals surface area (Å²) in [6, 6.07) is 8.13. The van der Waals surface area contributed by atoms with Crippen molar-refractivity contribution in [1.82, 2.24) is 9.62 Å². The van der Waals surface area contributed by atoms with Gasteiger partial charge in [-0.3, -0.25) is 4.79 Å². The van der Waals surface area contributed by atoms with E-state index in [1.165, 1.54) is 34.6 Å². The number of hydrogen-bond donors (Lipinski definition) is 1. The number of nitrogens with zero attached hydrogens (tertiary/aromatic N) is 1. The second kappa shape index (κ2) is 8.59. The largest absolute Gasteiger partial charge is 0.345 e. The summed E-state index contributed by atoms with van der Waals surface area (Å²) >= 11 is 0. The van der Waals surface area contributed by atoms with Crippen LogP contribution in [0.2, 0.25) is 0 Å². The average molecular weight is 422 g/mol. The fourth-order valence-electron chi connectivity index (χ4n) is 3.55. The number of rotatable bonds is 5. The minimum atomic E-state index is -3.61. The first-order valence-corrected chi connectivity index (χ1v) is 11.0. The third-order valence-corrected chi connectivity index (χ3v) is 7.27. The average Bonchev–Trinajstić information content (AvgIpc) is 2.68. The number of sulfonamides is 1. The Bertz CT molecular complexity index is 993. The predicted molar refractivity (Wildman–Crippen MR) is 106 cm³/mol. The molecule has 0 spiro atoms. The molecule has 1 amide bonds. The highest BCUT2D eigenvalue weighted by atomic mass is 32.2. The van der Waals surface area contributed by atoms with Gasteiger partial charge in [0.15, 0.2) is 0 Å². The molecule has 0 bridgehead atoms. The lowest BCUT2D eigenvalue weighted by atomic mass is 10.1. The fourth-order valence-corrected chi connectivity index (χ4v) is 5.25. The van der Waals surface area contributed by atoms with E-state index in [1.54, 1.807) is 6.92 Å². The number of benzene rings is 2. The molecule has 1 saturated heterocycles. The quantitative estimate of drug-likeness (QED) is 0.792. The standard InChI is InChI=1S/C21H24F2N2O3S/c1-14-5-3-4-12-25(14)29(27,28)18-9-6-16(7-10-18)21(26)24-15(2)19-11-8-17(22)13-20(19)23/h6-11,13-15H,3-5,12H2,1-2H3,(H,24,26). The summed E-state index contributed by atoms with van der Waals surface area (Å²) in [4.78, 5) is 12.6. The van der Waals surface area contributed by atoms with Crippen LogP contribution in [0.4, 0.5) is 8.78 Å². The van der Waals surface area contributed by atoms with E-state index in [4.69, 9.17) is 0 Å². The molecule has 1 fully saturated rings. The SMILES string of the molecule is CC(NC(=O)c1ccc(S(=O)(=O)N2CCCCC2C)cc1)c1ccc(F)cc1F. The fraction of sp³-hybridized carbons (Fsp3) is 0.381. The highest BCUT2D eigenvalue weighted by molar-refractivity contribution is 7.89. The summed E-state index contributed by atoms with van der Waals surface area (Å²) < 4.78 is 54.2. The second-order valence-electron chi connectivity index (χ2n) is 7.35. The molecule has 0 aromatic heterocycles. The Balaban J connectivity index is 1.73. The molecule has 8 heteroatoms. The lowest BCUT2D eigenvalue weighted by Gasteiger charge is -2.32. The molecule has 2 unspecified atom stereocenters. The van der Waals surface area contributed by atoms with Crippen molar-refractivity contribution in [3.05, 3.63) is 65.2 Å². The van der Waals surface area contributed by atoms with Gasteiger partial charge in [0.2, 0.25) is 10.0 Å². The molecule has 1 N–H and O–H groups in total. The van der Waals surface area contributed by atoms with Crippen molar-refractivity contribution in [3.63, 3.8) is 0 Å². The summed E-state index contributed by atoms with van der Waals surface area (Å²) in [5.74, 6) is -1.91. The normalized spacial score (nSPS) is 19.0. The van der Waals surface area contributed by atoms with Gasteiger partial charge in [-0.25, -0.2) is 17.2 Å². The van der Waals surface area contributed by atoms with Crippen LogP contribution in [0, 0.1) is 11.6 Å². The van der Waals surface area contributed by atoms with Gasteiger partial charge in [-0.1, -0.05) is 12.5 Å². The van der Waals surface area contributed by atoms with Crippen molar-refractivity contribution in [3.8, 4) is 0 Å². The Morgan fingerprint density at radius 3 is 2.45 bits per heavy atom. The van der Waals surface area contributed by atoms with Crippen LogP contribution in [0.15, 0.2) is 47.4 Å². The number of carbonyl (C=O) groups excluding carboxylic acids is 1. The van der Waals surface area contributed by atoms with Gasteiger partial charge in [-0.15, -0.1) is 0 Å². The van der Waals surface area contributed by atoms with Crippen LogP contribution in [0.25, 0.3) is 0 Å². The molecule has 1 aliphatic rings. The van der Waals surface area contributed by atoms with E-state index < -0.39 is 33.6 Å². The van der Waals surface area contributed by atoms with Gasteiger partial charge in [0, 0.05) is 29.8 Å². The van der Waals surface area contributed by atoms with Gasteiger partial charge in [0.1, 0.15) is 11.6 Å². The van der Waals surface area contributed by atoms with Crippen molar-refractivity contribution >= 4 is 15.9 Å². The molecule has 0 radical (unpaired) electrons.